The summed E-state index contributed by atoms with van der Waals surface area (Å²) in [7, 11) is 0. The van der Waals surface area contributed by atoms with E-state index in [2.05, 4.69) is 48.5 Å². The molecule has 1 N–H and O–H groups in total. The van der Waals surface area contributed by atoms with Crippen LogP contribution in [0.4, 0.5) is 0 Å². The lowest BCUT2D eigenvalue weighted by molar-refractivity contribution is -0.191. The molecule has 6 saturated carbocycles. The molecule has 6 aliphatic carbocycles. The van der Waals surface area contributed by atoms with Gasteiger partial charge >= 0.3 is 5.97 Å². The van der Waals surface area contributed by atoms with Crippen LogP contribution in [-0.2, 0) is 14.3 Å². The zero-order valence-corrected chi connectivity index (χ0v) is 26.6. The number of carbonyl (C=O) groups excluding carboxylic acids is 1. The summed E-state index contributed by atoms with van der Waals surface area (Å²) in [5.41, 5.74) is 1.62. The molecule has 40 heavy (non-hydrogen) atoms. The summed E-state index contributed by atoms with van der Waals surface area (Å²) in [6.45, 7) is 17.0. The Kier molecular flexibility index (Phi) is 6.31. The number of rotatable bonds is 4. The molecule has 10 unspecified atom stereocenters. The Hall–Kier alpha value is -0.610. The number of aliphatic hydroxyl groups is 1. The molecule has 0 radical (unpaired) electrons. The lowest BCUT2D eigenvalue weighted by atomic mass is 9.54. The summed E-state index contributed by atoms with van der Waals surface area (Å²) >= 11 is 0. The molecule has 226 valence electrons. The van der Waals surface area contributed by atoms with Gasteiger partial charge < -0.3 is 14.6 Å². The zero-order chi connectivity index (χ0) is 28.5. The van der Waals surface area contributed by atoms with E-state index >= 15 is 0 Å². The summed E-state index contributed by atoms with van der Waals surface area (Å²) in [6.07, 6.45) is 15.8. The first-order valence-electron chi connectivity index (χ1n) is 17.3. The standard InChI is InChI=1S/C36H58O4/c1-21(2)30(40-31(38)23-9-8-10-23)25-17-22(3)29-26(39-25)19-34(7)24-11-12-27-32(4,5)28(37)13-14-36(27)20-35(36,18-24)16-15-33(29,34)6/h21-30,37H,8-20H2,1-7H3/t22-,24?,25?,26?,27?,28?,29?,30?,33?,34+,35?,36?/m1/s1. The molecule has 0 aromatic heterocycles. The van der Waals surface area contributed by atoms with E-state index in [0.717, 1.165) is 38.0 Å². The smallest absolute Gasteiger partial charge is 0.309 e. The Bertz CT molecular complexity index is 1030. The van der Waals surface area contributed by atoms with Gasteiger partial charge in [-0.2, -0.15) is 0 Å². The fourth-order valence-corrected chi connectivity index (χ4v) is 12.9. The maximum Gasteiger partial charge on any atom is 0.309 e. The van der Waals surface area contributed by atoms with Gasteiger partial charge in [0.05, 0.1) is 24.2 Å². The van der Waals surface area contributed by atoms with Crippen molar-refractivity contribution in [1.82, 2.24) is 0 Å². The van der Waals surface area contributed by atoms with Crippen LogP contribution in [0.3, 0.4) is 0 Å². The van der Waals surface area contributed by atoms with E-state index in [0.29, 0.717) is 34.0 Å². The van der Waals surface area contributed by atoms with Crippen molar-refractivity contribution in [3.05, 3.63) is 0 Å². The van der Waals surface area contributed by atoms with Gasteiger partial charge in [-0.05, 0) is 134 Å². The van der Waals surface area contributed by atoms with E-state index in [1.807, 2.05) is 0 Å². The summed E-state index contributed by atoms with van der Waals surface area (Å²) in [5, 5.41) is 11.1. The van der Waals surface area contributed by atoms with Crippen LogP contribution in [0.1, 0.15) is 132 Å². The largest absolute Gasteiger partial charge is 0.459 e. The van der Waals surface area contributed by atoms with E-state index in [4.69, 9.17) is 9.47 Å². The molecule has 12 atom stereocenters. The average molecular weight is 555 g/mol. The van der Waals surface area contributed by atoms with Crippen LogP contribution in [0.5, 0.6) is 0 Å². The summed E-state index contributed by atoms with van der Waals surface area (Å²) in [6, 6.07) is 0. The first-order valence-corrected chi connectivity index (χ1v) is 17.3. The van der Waals surface area contributed by atoms with E-state index in [9.17, 15) is 9.90 Å². The number of esters is 1. The number of fused-ring (bicyclic) bond motifs is 5. The van der Waals surface area contributed by atoms with Crippen LogP contribution < -0.4 is 0 Å². The van der Waals surface area contributed by atoms with Crippen LogP contribution in [0.15, 0.2) is 0 Å². The fourth-order valence-electron chi connectivity index (χ4n) is 12.9. The maximum atomic E-state index is 12.9. The highest BCUT2D eigenvalue weighted by Crippen LogP contribution is 2.84. The minimum Gasteiger partial charge on any atom is -0.459 e. The Morgan fingerprint density at radius 1 is 0.950 bits per heavy atom. The number of hydrogen-bond donors (Lipinski definition) is 1. The molecule has 4 heteroatoms. The number of aliphatic hydroxyl groups excluding tert-OH is 1. The molecule has 0 amide bonds. The second-order valence-corrected chi connectivity index (χ2v) is 17.8. The summed E-state index contributed by atoms with van der Waals surface area (Å²) in [5.74, 6) is 3.00. The Morgan fingerprint density at radius 2 is 1.70 bits per heavy atom. The minimum absolute atomic E-state index is 0.0205. The van der Waals surface area contributed by atoms with Crippen LogP contribution in [0.25, 0.3) is 0 Å². The average Bonchev–Trinajstić information content (AvgIpc) is 3.44. The highest BCUT2D eigenvalue weighted by molar-refractivity contribution is 5.73. The van der Waals surface area contributed by atoms with E-state index in [1.165, 1.54) is 51.4 Å². The molecule has 1 heterocycles. The molecular weight excluding hydrogens is 496 g/mol. The lowest BCUT2D eigenvalue weighted by Crippen LogP contribution is -2.50. The molecule has 0 aromatic carbocycles. The van der Waals surface area contributed by atoms with Crippen molar-refractivity contribution in [2.75, 3.05) is 0 Å². The first kappa shape index (κ1) is 28.2. The van der Waals surface area contributed by atoms with Crippen LogP contribution >= 0.6 is 0 Å². The van der Waals surface area contributed by atoms with Gasteiger partial charge in [-0.25, -0.2) is 0 Å². The Balaban J connectivity index is 1.16. The molecular formula is C36H58O4. The van der Waals surface area contributed by atoms with Gasteiger partial charge in [-0.3, -0.25) is 4.79 Å². The third kappa shape index (κ3) is 3.59. The summed E-state index contributed by atoms with van der Waals surface area (Å²) in [4.78, 5) is 12.9. The van der Waals surface area contributed by atoms with Crippen LogP contribution in [0, 0.1) is 62.6 Å². The quantitative estimate of drug-likeness (QED) is 0.358. The highest BCUT2D eigenvalue weighted by atomic mass is 16.6. The second kappa shape index (κ2) is 8.96. The molecule has 7 aliphatic rings. The van der Waals surface area contributed by atoms with E-state index in [-0.39, 0.29) is 53.1 Å². The van der Waals surface area contributed by atoms with Crippen molar-refractivity contribution in [2.45, 2.75) is 156 Å². The zero-order valence-electron chi connectivity index (χ0n) is 26.6. The van der Waals surface area contributed by atoms with Gasteiger partial charge in [0, 0.05) is 0 Å². The van der Waals surface area contributed by atoms with E-state index in [1.54, 1.807) is 0 Å². The predicted molar refractivity (Wildman–Crippen MR) is 157 cm³/mol. The number of ether oxygens (including phenoxy) is 2. The van der Waals surface area contributed by atoms with Gasteiger partial charge in [0.1, 0.15) is 6.10 Å². The third-order valence-electron chi connectivity index (χ3n) is 15.7. The normalized spacial score (nSPS) is 53.6. The molecule has 7 rings (SSSR count). The topological polar surface area (TPSA) is 55.8 Å². The van der Waals surface area contributed by atoms with Crippen LogP contribution in [0.2, 0.25) is 0 Å². The van der Waals surface area contributed by atoms with Crippen molar-refractivity contribution < 1.29 is 19.4 Å². The van der Waals surface area contributed by atoms with Crippen molar-refractivity contribution in [3.8, 4) is 0 Å². The minimum atomic E-state index is -0.144. The number of hydrogen-bond acceptors (Lipinski definition) is 4. The van der Waals surface area contributed by atoms with Gasteiger partial charge in [0.2, 0.25) is 0 Å². The van der Waals surface area contributed by atoms with Gasteiger partial charge in [-0.1, -0.05) is 54.9 Å². The molecule has 0 aromatic rings. The Morgan fingerprint density at radius 3 is 2.38 bits per heavy atom. The van der Waals surface area contributed by atoms with Gasteiger partial charge in [0.15, 0.2) is 0 Å². The second-order valence-electron chi connectivity index (χ2n) is 17.8. The molecule has 1 aliphatic heterocycles. The third-order valence-corrected chi connectivity index (χ3v) is 15.7. The number of carbonyl (C=O) groups is 1. The first-order chi connectivity index (χ1) is 18.8. The van der Waals surface area contributed by atoms with E-state index < -0.39 is 0 Å². The summed E-state index contributed by atoms with van der Waals surface area (Å²) < 4.78 is 13.4. The molecule has 2 bridgehead atoms. The Labute approximate surface area is 244 Å². The van der Waals surface area contributed by atoms with Gasteiger partial charge in [-0.15, -0.1) is 0 Å². The van der Waals surface area contributed by atoms with Crippen molar-refractivity contribution in [2.24, 2.45) is 62.6 Å². The van der Waals surface area contributed by atoms with Crippen molar-refractivity contribution in [1.29, 1.82) is 0 Å². The lowest BCUT2D eigenvalue weighted by Gasteiger charge is -2.52. The molecule has 4 nitrogen and oxygen atoms in total. The monoisotopic (exact) mass is 554 g/mol. The molecule has 7 fully saturated rings. The highest BCUT2D eigenvalue weighted by Gasteiger charge is 2.77. The molecule has 1 saturated heterocycles. The van der Waals surface area contributed by atoms with Crippen molar-refractivity contribution >= 4 is 5.97 Å². The SMILES string of the molecule is CC(C)C(OC(=O)C1CCC1)C1C[C@@H](C)C2C(C[C@@]3(C)C4CCC5C(C)(C)C(O)CCC56CC6(CCC23C)C4)O1. The molecule has 2 spiro atoms. The van der Waals surface area contributed by atoms with Gasteiger partial charge in [0.25, 0.3) is 0 Å². The predicted octanol–water partition coefficient (Wildman–Crippen LogP) is 7.95. The maximum absolute atomic E-state index is 12.9. The van der Waals surface area contributed by atoms with Crippen molar-refractivity contribution in [3.63, 3.8) is 0 Å². The fraction of sp³-hybridized carbons (Fsp3) is 0.972. The van der Waals surface area contributed by atoms with Crippen LogP contribution in [-0.4, -0.2) is 35.5 Å².